The Morgan fingerprint density at radius 2 is 1.02 bits per heavy atom. The predicted molar refractivity (Wildman–Crippen MR) is 167 cm³/mol. The molecular formula is C37H40O3. The fraction of sp³-hybridized carbons (Fsp3) is 0.297. The van der Waals surface area contributed by atoms with Crippen LogP contribution >= 0.6 is 0 Å². The Morgan fingerprint density at radius 3 is 1.52 bits per heavy atom. The third kappa shape index (κ3) is 5.01. The van der Waals surface area contributed by atoms with Crippen LogP contribution in [-0.4, -0.2) is 10.2 Å². The van der Waals surface area contributed by atoms with Crippen molar-refractivity contribution < 1.29 is 14.9 Å². The van der Waals surface area contributed by atoms with E-state index in [1.165, 1.54) is 43.2 Å². The Labute approximate surface area is 238 Å². The van der Waals surface area contributed by atoms with E-state index in [2.05, 4.69) is 24.3 Å². The molecule has 0 amide bonds. The number of aromatic hydroxyl groups is 2. The summed E-state index contributed by atoms with van der Waals surface area (Å²) in [6, 6.07) is 28.4. The molecule has 1 fully saturated rings. The minimum Gasteiger partial charge on any atom is -0.508 e. The Kier molecular flexibility index (Phi) is 8.30. The predicted octanol–water partition coefficient (Wildman–Crippen LogP) is 10.8. The summed E-state index contributed by atoms with van der Waals surface area (Å²) < 4.78 is 6.50. The summed E-state index contributed by atoms with van der Waals surface area (Å²) in [7, 11) is 0. The maximum absolute atomic E-state index is 10.1. The molecule has 0 spiro atoms. The van der Waals surface area contributed by atoms with E-state index in [1.54, 1.807) is 12.1 Å². The van der Waals surface area contributed by atoms with Crippen LogP contribution in [-0.2, 0) is 0 Å². The maximum Gasteiger partial charge on any atom is 0.132 e. The summed E-state index contributed by atoms with van der Waals surface area (Å²) in [6.07, 6.45) is 6.57. The van der Waals surface area contributed by atoms with Gasteiger partial charge in [0.2, 0.25) is 0 Å². The van der Waals surface area contributed by atoms with E-state index in [1.807, 2.05) is 76.2 Å². The Morgan fingerprint density at radius 1 is 0.550 bits per heavy atom. The highest BCUT2D eigenvalue weighted by molar-refractivity contribution is 5.95. The molecule has 2 aliphatic rings. The van der Waals surface area contributed by atoms with Crippen molar-refractivity contribution in [1.82, 2.24) is 0 Å². The zero-order valence-electron chi connectivity index (χ0n) is 24.1. The van der Waals surface area contributed by atoms with E-state index in [0.29, 0.717) is 5.92 Å². The number of benzene rings is 5. The molecule has 2 N–H and O–H groups in total. The van der Waals surface area contributed by atoms with Crippen molar-refractivity contribution in [3.8, 4) is 23.0 Å². The lowest BCUT2D eigenvalue weighted by Crippen LogP contribution is -2.13. The quantitative estimate of drug-likeness (QED) is 0.233. The van der Waals surface area contributed by atoms with Gasteiger partial charge in [0.05, 0.1) is 0 Å². The van der Waals surface area contributed by atoms with Crippen LogP contribution in [0.4, 0.5) is 0 Å². The van der Waals surface area contributed by atoms with Gasteiger partial charge in [0.25, 0.3) is 0 Å². The van der Waals surface area contributed by atoms with Gasteiger partial charge in [0, 0.05) is 17.0 Å². The molecule has 3 nitrogen and oxygen atoms in total. The van der Waals surface area contributed by atoms with E-state index in [9.17, 15) is 10.2 Å². The average molecular weight is 533 g/mol. The van der Waals surface area contributed by atoms with Gasteiger partial charge in [-0.2, -0.15) is 0 Å². The summed E-state index contributed by atoms with van der Waals surface area (Å²) >= 11 is 0. The molecule has 1 aliphatic carbocycles. The van der Waals surface area contributed by atoms with E-state index >= 15 is 0 Å². The van der Waals surface area contributed by atoms with Crippen molar-refractivity contribution >= 4 is 21.5 Å². The van der Waals surface area contributed by atoms with Gasteiger partial charge in [0.15, 0.2) is 0 Å². The van der Waals surface area contributed by atoms with Crippen molar-refractivity contribution in [3.63, 3.8) is 0 Å². The molecule has 0 bridgehead atoms. The second-order valence-electron chi connectivity index (χ2n) is 10.3. The lowest BCUT2D eigenvalue weighted by Gasteiger charge is -2.31. The number of hydrogen-bond donors (Lipinski definition) is 2. The first-order chi connectivity index (χ1) is 19.7. The molecule has 0 radical (unpaired) electrons. The molecule has 0 unspecified atom stereocenters. The highest BCUT2D eigenvalue weighted by Crippen LogP contribution is 2.52. The monoisotopic (exact) mass is 532 g/mol. The molecule has 0 saturated heterocycles. The molecular weight excluding hydrogens is 492 g/mol. The molecule has 206 valence electrons. The first kappa shape index (κ1) is 27.6. The first-order valence-electron chi connectivity index (χ1n) is 14.9. The second-order valence-corrected chi connectivity index (χ2v) is 10.3. The van der Waals surface area contributed by atoms with Gasteiger partial charge < -0.3 is 14.9 Å². The van der Waals surface area contributed by atoms with Crippen LogP contribution in [0.2, 0.25) is 0 Å². The topological polar surface area (TPSA) is 49.7 Å². The van der Waals surface area contributed by atoms with E-state index in [-0.39, 0.29) is 17.4 Å². The highest BCUT2D eigenvalue weighted by atomic mass is 16.5. The number of fused-ring (bicyclic) bond motifs is 6. The maximum atomic E-state index is 10.1. The van der Waals surface area contributed by atoms with Gasteiger partial charge in [0.1, 0.15) is 23.0 Å². The Hall–Kier alpha value is -3.98. The molecule has 1 saturated carbocycles. The second kappa shape index (κ2) is 12.0. The van der Waals surface area contributed by atoms with Gasteiger partial charge in [-0.3, -0.25) is 0 Å². The third-order valence-electron chi connectivity index (χ3n) is 8.15. The molecule has 0 aromatic heterocycles. The molecule has 3 heteroatoms. The number of ether oxygens (including phenoxy) is 1. The molecule has 7 rings (SSSR count). The standard InChI is InChI=1S/C33H28O3.2C2H6/c34-25-12-14-27-23(18-25)10-16-29-32(27)31(22-8-6-21(7-9-22)20-4-2-1-3-5-20)33-28-15-13-26(35)19-24(28)11-17-30(33)36-29;2*1-2/h6-20,31,34-35H,1-5H2;2*1-2H3. The minimum atomic E-state index is -0.0364. The summed E-state index contributed by atoms with van der Waals surface area (Å²) in [5, 5.41) is 24.4. The summed E-state index contributed by atoms with van der Waals surface area (Å²) in [4.78, 5) is 0. The van der Waals surface area contributed by atoms with E-state index < -0.39 is 0 Å². The molecule has 1 aliphatic heterocycles. The SMILES string of the molecule is CC.CC.Oc1ccc2c3c(ccc2c1)Oc1ccc2cc(O)ccc2c1C3c1ccc(C2CCCCC2)cc1. The minimum absolute atomic E-state index is 0.0364. The van der Waals surface area contributed by atoms with Gasteiger partial charge in [-0.25, -0.2) is 0 Å². The molecule has 5 aromatic rings. The Bertz CT molecular complexity index is 1520. The Balaban J connectivity index is 0.000000774. The summed E-state index contributed by atoms with van der Waals surface area (Å²) in [6.45, 7) is 8.00. The van der Waals surface area contributed by atoms with Crippen LogP contribution in [0.5, 0.6) is 23.0 Å². The van der Waals surface area contributed by atoms with Gasteiger partial charge in [-0.15, -0.1) is 0 Å². The zero-order valence-corrected chi connectivity index (χ0v) is 24.1. The van der Waals surface area contributed by atoms with Crippen LogP contribution in [0.25, 0.3) is 21.5 Å². The highest BCUT2D eigenvalue weighted by Gasteiger charge is 2.32. The van der Waals surface area contributed by atoms with Crippen molar-refractivity contribution in [1.29, 1.82) is 0 Å². The van der Waals surface area contributed by atoms with Crippen molar-refractivity contribution in [2.24, 2.45) is 0 Å². The lowest BCUT2D eigenvalue weighted by atomic mass is 9.77. The average Bonchev–Trinajstić information content (AvgIpc) is 3.02. The third-order valence-corrected chi connectivity index (χ3v) is 8.15. The molecule has 40 heavy (non-hydrogen) atoms. The smallest absolute Gasteiger partial charge is 0.132 e. The van der Waals surface area contributed by atoms with E-state index in [4.69, 9.17) is 4.74 Å². The zero-order chi connectivity index (χ0) is 28.2. The molecule has 0 atom stereocenters. The summed E-state index contributed by atoms with van der Waals surface area (Å²) in [5.74, 6) is 2.84. The van der Waals surface area contributed by atoms with Crippen LogP contribution in [0.15, 0.2) is 84.9 Å². The van der Waals surface area contributed by atoms with Gasteiger partial charge in [-0.05, 0) is 87.8 Å². The van der Waals surface area contributed by atoms with Crippen LogP contribution in [0.1, 0.15) is 93.9 Å². The lowest BCUT2D eigenvalue weighted by molar-refractivity contribution is 0.443. The molecule has 5 aromatic carbocycles. The van der Waals surface area contributed by atoms with Crippen LogP contribution in [0.3, 0.4) is 0 Å². The van der Waals surface area contributed by atoms with Crippen molar-refractivity contribution in [2.75, 3.05) is 0 Å². The van der Waals surface area contributed by atoms with Crippen molar-refractivity contribution in [2.45, 2.75) is 71.6 Å². The number of rotatable bonds is 2. The number of hydrogen-bond acceptors (Lipinski definition) is 3. The molecule has 1 heterocycles. The van der Waals surface area contributed by atoms with Gasteiger partial charge in [-0.1, -0.05) is 95.5 Å². The van der Waals surface area contributed by atoms with E-state index in [0.717, 1.165) is 44.2 Å². The van der Waals surface area contributed by atoms with Gasteiger partial charge >= 0.3 is 0 Å². The largest absolute Gasteiger partial charge is 0.508 e. The summed E-state index contributed by atoms with van der Waals surface area (Å²) in [5.41, 5.74) is 4.90. The number of phenolic OH excluding ortho intramolecular Hbond substituents is 2. The van der Waals surface area contributed by atoms with Crippen LogP contribution in [0, 0.1) is 0 Å². The first-order valence-corrected chi connectivity index (χ1v) is 14.9. The number of phenols is 2. The van der Waals surface area contributed by atoms with Crippen LogP contribution < -0.4 is 4.74 Å². The fourth-order valence-corrected chi connectivity index (χ4v) is 6.41. The fourth-order valence-electron chi connectivity index (χ4n) is 6.41. The normalized spacial score (nSPS) is 14.7. The van der Waals surface area contributed by atoms with Crippen molar-refractivity contribution in [3.05, 3.63) is 107 Å².